The zero-order chi connectivity index (χ0) is 27.9. The van der Waals surface area contributed by atoms with Crippen LogP contribution in [0.3, 0.4) is 0 Å². The van der Waals surface area contributed by atoms with E-state index in [1.54, 1.807) is 28.4 Å². The maximum atomic E-state index is 6.23. The van der Waals surface area contributed by atoms with Gasteiger partial charge < -0.3 is 0 Å². The molecule has 4 aromatic carbocycles. The molecule has 7 heteroatoms. The molecule has 0 spiro atoms. The molecule has 5 aromatic rings. The van der Waals surface area contributed by atoms with Crippen molar-refractivity contribution in [2.45, 2.75) is 13.0 Å². The van der Waals surface area contributed by atoms with Gasteiger partial charge in [0.15, 0.2) is 0 Å². The first kappa shape index (κ1) is 27.4. The fourth-order valence-electron chi connectivity index (χ4n) is 4.49. The van der Waals surface area contributed by atoms with Crippen molar-refractivity contribution in [3.05, 3.63) is 107 Å². The fourth-order valence-corrected chi connectivity index (χ4v) is 6.81. The second kappa shape index (κ2) is 12.8. The number of rotatable bonds is 11. The van der Waals surface area contributed by atoms with Crippen LogP contribution >= 0.6 is 0 Å². The SMILES string of the molecule is COc1ccc(-c2nc(Cc3ccccc3)[se]c2-c2cc(OC)c(OC)c(OC)c2)cc1OCc1ccccc1. The van der Waals surface area contributed by atoms with Crippen LogP contribution < -0.4 is 23.7 Å². The molecule has 0 aliphatic rings. The molecule has 0 unspecified atom stereocenters. The van der Waals surface area contributed by atoms with Gasteiger partial charge in [-0.05, 0) is 0 Å². The van der Waals surface area contributed by atoms with Crippen LogP contribution in [0.5, 0.6) is 28.7 Å². The first-order valence-electron chi connectivity index (χ1n) is 12.8. The number of benzene rings is 4. The first-order valence-corrected chi connectivity index (χ1v) is 14.5. The normalized spacial score (nSPS) is 10.7. The predicted molar refractivity (Wildman–Crippen MR) is 158 cm³/mol. The quantitative estimate of drug-likeness (QED) is 0.158. The van der Waals surface area contributed by atoms with Gasteiger partial charge in [-0.25, -0.2) is 0 Å². The molecule has 40 heavy (non-hydrogen) atoms. The van der Waals surface area contributed by atoms with E-state index in [0.29, 0.717) is 35.4 Å². The molecule has 0 N–H and O–H groups in total. The van der Waals surface area contributed by atoms with Gasteiger partial charge in [0.05, 0.1) is 0 Å². The standard InChI is InChI=1S/C33H31NO5Se/c1-35-26-16-15-24(18-27(26)39-21-23-13-9-6-10-14-23)31-33(40-30(34-31)17-22-11-7-5-8-12-22)25-19-28(36-2)32(38-4)29(20-25)37-3/h5-16,18-20H,17,21H2,1-4H3. The molecule has 0 fully saturated rings. The van der Waals surface area contributed by atoms with Crippen molar-refractivity contribution in [3.8, 4) is 50.0 Å². The van der Waals surface area contributed by atoms with Crippen molar-refractivity contribution in [2.24, 2.45) is 0 Å². The number of hydrogen-bond acceptors (Lipinski definition) is 6. The first-order chi connectivity index (χ1) is 19.6. The van der Waals surface area contributed by atoms with Crippen molar-refractivity contribution < 1.29 is 23.7 Å². The van der Waals surface area contributed by atoms with Crippen molar-refractivity contribution in [2.75, 3.05) is 28.4 Å². The van der Waals surface area contributed by atoms with E-state index < -0.39 is 0 Å². The summed E-state index contributed by atoms with van der Waals surface area (Å²) in [5.74, 6) is 3.12. The van der Waals surface area contributed by atoms with Crippen LogP contribution in [-0.4, -0.2) is 47.9 Å². The third kappa shape index (κ3) is 6.01. The molecular weight excluding hydrogens is 569 g/mol. The number of hydrogen-bond donors (Lipinski definition) is 0. The van der Waals surface area contributed by atoms with Gasteiger partial charge in [-0.1, -0.05) is 0 Å². The summed E-state index contributed by atoms with van der Waals surface area (Å²) in [7, 11) is 6.53. The van der Waals surface area contributed by atoms with E-state index in [4.69, 9.17) is 28.7 Å². The van der Waals surface area contributed by atoms with E-state index in [-0.39, 0.29) is 14.5 Å². The van der Waals surface area contributed by atoms with Crippen molar-refractivity contribution >= 4 is 14.5 Å². The Hall–Kier alpha value is -4.19. The summed E-state index contributed by atoms with van der Waals surface area (Å²) >= 11 is -0.0270. The predicted octanol–water partition coefficient (Wildman–Crippen LogP) is 6.68. The Morgan fingerprint density at radius 1 is 0.600 bits per heavy atom. The molecule has 1 aromatic heterocycles. The molecule has 0 aliphatic heterocycles. The number of nitrogens with zero attached hydrogens (tertiary/aromatic N) is 1. The van der Waals surface area contributed by atoms with E-state index in [0.717, 1.165) is 37.8 Å². The molecule has 0 bridgehead atoms. The van der Waals surface area contributed by atoms with Gasteiger partial charge in [0.25, 0.3) is 0 Å². The summed E-state index contributed by atoms with van der Waals surface area (Å²) in [6.45, 7) is 0.436. The van der Waals surface area contributed by atoms with Crippen LogP contribution in [0.2, 0.25) is 0 Å². The Morgan fingerprint density at radius 2 is 1.20 bits per heavy atom. The average Bonchev–Trinajstić information content (AvgIpc) is 3.43. The van der Waals surface area contributed by atoms with Crippen LogP contribution in [0.25, 0.3) is 21.3 Å². The van der Waals surface area contributed by atoms with E-state index in [2.05, 4.69) is 24.3 Å². The van der Waals surface area contributed by atoms with E-state index in [9.17, 15) is 0 Å². The summed E-state index contributed by atoms with van der Waals surface area (Å²) in [4.78, 5) is 5.19. The van der Waals surface area contributed by atoms with E-state index in [1.165, 1.54) is 5.56 Å². The minimum absolute atomic E-state index is 0.0270. The van der Waals surface area contributed by atoms with E-state index >= 15 is 0 Å². The zero-order valence-corrected chi connectivity index (χ0v) is 24.7. The molecule has 6 nitrogen and oxygen atoms in total. The second-order valence-electron chi connectivity index (χ2n) is 9.00. The van der Waals surface area contributed by atoms with Crippen LogP contribution in [-0.2, 0) is 13.0 Å². The molecule has 0 amide bonds. The van der Waals surface area contributed by atoms with Crippen LogP contribution in [0.15, 0.2) is 91.0 Å². The molecule has 0 radical (unpaired) electrons. The molecule has 1 heterocycles. The van der Waals surface area contributed by atoms with Crippen molar-refractivity contribution in [1.82, 2.24) is 4.98 Å². The van der Waals surface area contributed by atoms with Gasteiger partial charge in [-0.3, -0.25) is 0 Å². The molecule has 0 saturated carbocycles. The minimum atomic E-state index is -0.0270. The molecule has 204 valence electrons. The van der Waals surface area contributed by atoms with Crippen LogP contribution in [0.4, 0.5) is 0 Å². The average molecular weight is 601 g/mol. The molecule has 0 aliphatic carbocycles. The van der Waals surface area contributed by atoms with Gasteiger partial charge in [-0.15, -0.1) is 0 Å². The summed E-state index contributed by atoms with van der Waals surface area (Å²) in [6, 6.07) is 30.5. The second-order valence-corrected chi connectivity index (χ2v) is 11.3. The van der Waals surface area contributed by atoms with Crippen LogP contribution in [0.1, 0.15) is 15.7 Å². The van der Waals surface area contributed by atoms with Crippen molar-refractivity contribution in [3.63, 3.8) is 0 Å². The van der Waals surface area contributed by atoms with Gasteiger partial charge in [-0.2, -0.15) is 0 Å². The summed E-state index contributed by atoms with van der Waals surface area (Å²) in [5.41, 5.74) is 5.17. The summed E-state index contributed by atoms with van der Waals surface area (Å²) in [6.07, 6.45) is 0.784. The third-order valence-electron chi connectivity index (χ3n) is 6.47. The molecule has 5 rings (SSSR count). The van der Waals surface area contributed by atoms with Gasteiger partial charge in [0.1, 0.15) is 0 Å². The Morgan fingerprint density at radius 3 is 1.80 bits per heavy atom. The molecular formula is C33H31NO5Se. The van der Waals surface area contributed by atoms with E-state index in [1.807, 2.05) is 66.7 Å². The number of methoxy groups -OCH3 is 4. The molecule has 0 atom stereocenters. The van der Waals surface area contributed by atoms with Gasteiger partial charge in [0.2, 0.25) is 0 Å². The Kier molecular flexibility index (Phi) is 8.74. The topological polar surface area (TPSA) is 59.0 Å². The third-order valence-corrected chi connectivity index (χ3v) is 8.79. The van der Waals surface area contributed by atoms with Gasteiger partial charge >= 0.3 is 241 Å². The van der Waals surface area contributed by atoms with Crippen LogP contribution in [0, 0.1) is 0 Å². The Labute approximate surface area is 240 Å². The molecule has 0 saturated heterocycles. The Balaban J connectivity index is 1.60. The monoisotopic (exact) mass is 601 g/mol. The summed E-state index contributed by atoms with van der Waals surface area (Å²) in [5, 5.41) is 0. The van der Waals surface area contributed by atoms with Crippen molar-refractivity contribution in [1.29, 1.82) is 0 Å². The number of aromatic nitrogens is 1. The summed E-state index contributed by atoms with van der Waals surface area (Å²) < 4.78 is 31.1. The maximum absolute atomic E-state index is 6.23. The van der Waals surface area contributed by atoms with Gasteiger partial charge in [0, 0.05) is 0 Å². The zero-order valence-electron chi connectivity index (χ0n) is 23.0. The Bertz CT molecular complexity index is 1540. The fraction of sp³-hybridized carbons (Fsp3) is 0.182. The number of ether oxygens (including phenoxy) is 5.